The molecule has 2 amide bonds. The Labute approximate surface area is 266 Å². The van der Waals surface area contributed by atoms with E-state index in [-0.39, 0.29) is 18.2 Å². The first-order chi connectivity index (χ1) is 21.9. The lowest BCUT2D eigenvalue weighted by Gasteiger charge is -2.37. The van der Waals surface area contributed by atoms with E-state index in [0.717, 1.165) is 46.2 Å². The van der Waals surface area contributed by atoms with Crippen LogP contribution in [0.5, 0.6) is 0 Å². The first-order valence-electron chi connectivity index (χ1n) is 16.0. The van der Waals surface area contributed by atoms with E-state index < -0.39 is 11.7 Å². The standard InChI is InChI=1S/C39H42N4O2/c1-2-11-29-20-22-31(23-21-29)24-39(40,38(45)43-27-34-17-8-9-18-35(34)28-43)41-36(19-10-14-30-12-4-3-5-13-30)37(44)42-25-32-15-6-7-16-33(32)26-42/h3-10,12-18,20-23,36,41H,2,11,19,24-28,40H2,1H3/t36?,39-/m1/s1. The van der Waals surface area contributed by atoms with Gasteiger partial charge in [-0.15, -0.1) is 0 Å². The number of hydrogen-bond donors (Lipinski definition) is 2. The number of nitrogens with zero attached hydrogens (tertiary/aromatic N) is 2. The molecule has 2 atom stereocenters. The monoisotopic (exact) mass is 598 g/mol. The Balaban J connectivity index is 1.30. The molecule has 6 rings (SSSR count). The van der Waals surface area contributed by atoms with Crippen LogP contribution in [0.15, 0.2) is 109 Å². The van der Waals surface area contributed by atoms with Crippen LogP contribution >= 0.6 is 0 Å². The quantitative estimate of drug-likeness (QED) is 0.208. The van der Waals surface area contributed by atoms with Crippen molar-refractivity contribution in [1.82, 2.24) is 15.1 Å². The molecule has 45 heavy (non-hydrogen) atoms. The average Bonchev–Trinajstić information content (AvgIpc) is 3.70. The summed E-state index contributed by atoms with van der Waals surface area (Å²) in [4.78, 5) is 32.4. The molecule has 6 heteroatoms. The fraction of sp³-hybridized carbons (Fsp3) is 0.282. The van der Waals surface area contributed by atoms with Gasteiger partial charge in [0.05, 0.1) is 6.04 Å². The van der Waals surface area contributed by atoms with Gasteiger partial charge in [0.1, 0.15) is 0 Å². The van der Waals surface area contributed by atoms with Crippen LogP contribution in [-0.4, -0.2) is 33.3 Å². The van der Waals surface area contributed by atoms with Crippen LogP contribution in [0.4, 0.5) is 0 Å². The number of aryl methyl sites for hydroxylation is 1. The second-order valence-electron chi connectivity index (χ2n) is 12.4. The number of rotatable bonds is 11. The van der Waals surface area contributed by atoms with Gasteiger partial charge in [0.15, 0.2) is 5.66 Å². The Morgan fingerprint density at radius 3 is 1.82 bits per heavy atom. The van der Waals surface area contributed by atoms with Gasteiger partial charge in [0.25, 0.3) is 5.91 Å². The average molecular weight is 599 g/mol. The highest BCUT2D eigenvalue weighted by molar-refractivity contribution is 5.89. The maximum atomic E-state index is 14.5. The van der Waals surface area contributed by atoms with Gasteiger partial charge in [-0.2, -0.15) is 0 Å². The molecule has 0 saturated heterocycles. The number of nitrogens with one attached hydrogen (secondary N) is 1. The van der Waals surface area contributed by atoms with E-state index in [1.807, 2.05) is 76.5 Å². The highest BCUT2D eigenvalue weighted by Crippen LogP contribution is 2.27. The van der Waals surface area contributed by atoms with Gasteiger partial charge in [-0.3, -0.25) is 14.9 Å². The lowest BCUT2D eigenvalue weighted by molar-refractivity contribution is -0.141. The summed E-state index contributed by atoms with van der Waals surface area (Å²) in [5.41, 5.74) is 13.5. The van der Waals surface area contributed by atoms with E-state index in [1.165, 1.54) is 5.56 Å². The van der Waals surface area contributed by atoms with E-state index in [1.54, 1.807) is 0 Å². The van der Waals surface area contributed by atoms with Gasteiger partial charge in [0, 0.05) is 32.6 Å². The van der Waals surface area contributed by atoms with Crippen molar-refractivity contribution < 1.29 is 9.59 Å². The Kier molecular flexibility index (Phi) is 9.24. The normalized spacial score (nSPS) is 16.0. The number of hydrogen-bond acceptors (Lipinski definition) is 4. The van der Waals surface area contributed by atoms with Crippen molar-refractivity contribution in [1.29, 1.82) is 0 Å². The van der Waals surface area contributed by atoms with Crippen molar-refractivity contribution >= 4 is 17.9 Å². The van der Waals surface area contributed by atoms with Crippen molar-refractivity contribution in [2.75, 3.05) is 0 Å². The van der Waals surface area contributed by atoms with Crippen LogP contribution in [0, 0.1) is 0 Å². The minimum Gasteiger partial charge on any atom is -0.333 e. The van der Waals surface area contributed by atoms with Crippen LogP contribution in [0.3, 0.4) is 0 Å². The molecule has 0 fully saturated rings. The number of carbonyl (C=O) groups is 2. The summed E-state index contributed by atoms with van der Waals surface area (Å²) in [5, 5.41) is 3.46. The largest absolute Gasteiger partial charge is 0.333 e. The number of benzene rings is 4. The fourth-order valence-electron chi connectivity index (χ4n) is 6.53. The minimum absolute atomic E-state index is 0.0606. The first kappa shape index (κ1) is 30.5. The lowest BCUT2D eigenvalue weighted by Crippen LogP contribution is -2.69. The van der Waals surface area contributed by atoms with Gasteiger partial charge < -0.3 is 15.5 Å². The van der Waals surface area contributed by atoms with Gasteiger partial charge in [-0.25, -0.2) is 0 Å². The number of carbonyl (C=O) groups excluding carboxylic acids is 2. The van der Waals surface area contributed by atoms with E-state index in [4.69, 9.17) is 5.73 Å². The van der Waals surface area contributed by atoms with Crippen molar-refractivity contribution in [3.63, 3.8) is 0 Å². The van der Waals surface area contributed by atoms with Crippen LogP contribution in [-0.2, 0) is 48.6 Å². The predicted molar refractivity (Wildman–Crippen MR) is 179 cm³/mol. The zero-order chi connectivity index (χ0) is 31.2. The minimum atomic E-state index is -1.50. The Bertz CT molecular complexity index is 1620. The molecule has 3 N–H and O–H groups in total. The molecule has 4 aromatic carbocycles. The molecular weight excluding hydrogens is 556 g/mol. The molecule has 0 aliphatic carbocycles. The molecule has 0 radical (unpaired) electrons. The summed E-state index contributed by atoms with van der Waals surface area (Å²) in [6.07, 6.45) is 6.74. The lowest BCUT2D eigenvalue weighted by atomic mass is 9.95. The molecule has 0 saturated carbocycles. The van der Waals surface area contributed by atoms with E-state index in [9.17, 15) is 9.59 Å². The van der Waals surface area contributed by atoms with Crippen molar-refractivity contribution in [3.8, 4) is 0 Å². The molecule has 0 aromatic heterocycles. The first-order valence-corrected chi connectivity index (χ1v) is 16.0. The van der Waals surface area contributed by atoms with Gasteiger partial charge in [0.2, 0.25) is 5.91 Å². The van der Waals surface area contributed by atoms with Gasteiger partial charge in [-0.05, 0) is 51.8 Å². The van der Waals surface area contributed by atoms with Crippen molar-refractivity contribution in [3.05, 3.63) is 148 Å². The molecule has 2 aliphatic heterocycles. The smallest absolute Gasteiger partial charge is 0.258 e. The Hall–Kier alpha value is -4.52. The topological polar surface area (TPSA) is 78.7 Å². The van der Waals surface area contributed by atoms with Crippen LogP contribution < -0.4 is 11.1 Å². The van der Waals surface area contributed by atoms with Crippen LogP contribution in [0.2, 0.25) is 0 Å². The summed E-state index contributed by atoms with van der Waals surface area (Å²) in [5.74, 6) is -0.263. The summed E-state index contributed by atoms with van der Waals surface area (Å²) in [7, 11) is 0. The molecule has 230 valence electrons. The fourth-order valence-corrected chi connectivity index (χ4v) is 6.53. The van der Waals surface area contributed by atoms with E-state index >= 15 is 0 Å². The second kappa shape index (κ2) is 13.6. The number of nitrogens with two attached hydrogens (primary N) is 1. The highest BCUT2D eigenvalue weighted by Gasteiger charge is 2.43. The highest BCUT2D eigenvalue weighted by atomic mass is 16.2. The second-order valence-corrected chi connectivity index (χ2v) is 12.4. The third-order valence-electron chi connectivity index (χ3n) is 8.92. The summed E-state index contributed by atoms with van der Waals surface area (Å²) < 4.78 is 0. The maximum Gasteiger partial charge on any atom is 0.258 e. The molecule has 2 aliphatic rings. The van der Waals surface area contributed by atoms with Crippen molar-refractivity contribution in [2.24, 2.45) is 5.73 Å². The zero-order valence-electron chi connectivity index (χ0n) is 26.0. The van der Waals surface area contributed by atoms with Gasteiger partial charge >= 0.3 is 0 Å². The molecule has 0 bridgehead atoms. The maximum absolute atomic E-state index is 14.5. The molecule has 0 spiro atoms. The Morgan fingerprint density at radius 2 is 1.27 bits per heavy atom. The third kappa shape index (κ3) is 7.08. The van der Waals surface area contributed by atoms with Crippen molar-refractivity contribution in [2.45, 2.75) is 70.5 Å². The molecular formula is C39H42N4O2. The van der Waals surface area contributed by atoms with E-state index in [2.05, 4.69) is 60.8 Å². The van der Waals surface area contributed by atoms with Crippen LogP contribution in [0.1, 0.15) is 58.7 Å². The molecule has 1 unspecified atom stereocenters. The zero-order valence-corrected chi connectivity index (χ0v) is 26.0. The van der Waals surface area contributed by atoms with Gasteiger partial charge in [-0.1, -0.05) is 129 Å². The Morgan fingerprint density at radius 1 is 0.756 bits per heavy atom. The molecule has 4 aromatic rings. The summed E-state index contributed by atoms with van der Waals surface area (Å²) in [6, 6.07) is 34.0. The van der Waals surface area contributed by atoms with E-state index in [0.29, 0.717) is 32.6 Å². The summed E-state index contributed by atoms with van der Waals surface area (Å²) >= 11 is 0. The van der Waals surface area contributed by atoms with Crippen LogP contribution in [0.25, 0.3) is 6.08 Å². The molecule has 2 heterocycles. The molecule has 6 nitrogen and oxygen atoms in total. The number of amides is 2. The SMILES string of the molecule is CCCc1ccc(C[C@@](N)(NC(CC=Cc2ccccc2)C(=O)N2Cc3ccccc3C2)C(=O)N2Cc3ccccc3C2)cc1. The number of fused-ring (bicyclic) bond motifs is 2. The summed E-state index contributed by atoms with van der Waals surface area (Å²) in [6.45, 7) is 4.25. The predicted octanol–water partition coefficient (Wildman–Crippen LogP) is 5.98. The third-order valence-corrected chi connectivity index (χ3v) is 8.92.